The standard InChI is InChI=1S/C19H20N4O3S/c1-12(21-19-22-14-6-4-5-7-17(14)27-19)18(24)23-20-11-13-8-9-15(25-2)16(10-13)26-3/h4-12H,1-3H3,(H,21,22)(H,23,24)/b20-11-/t12-/m1/s1. The molecule has 1 atom stereocenters. The van der Waals surface area contributed by atoms with Gasteiger partial charge in [-0.05, 0) is 42.8 Å². The maximum absolute atomic E-state index is 12.2. The molecular weight excluding hydrogens is 364 g/mol. The molecule has 2 N–H and O–H groups in total. The summed E-state index contributed by atoms with van der Waals surface area (Å²) in [5, 5.41) is 7.79. The third kappa shape index (κ3) is 4.53. The molecule has 1 amide bonds. The van der Waals surface area contributed by atoms with Crippen LogP contribution < -0.4 is 20.2 Å². The largest absolute Gasteiger partial charge is 0.493 e. The summed E-state index contributed by atoms with van der Waals surface area (Å²) in [5.41, 5.74) is 4.21. The van der Waals surface area contributed by atoms with Crippen molar-refractivity contribution in [3.8, 4) is 11.5 Å². The Balaban J connectivity index is 1.58. The number of hydrogen-bond acceptors (Lipinski definition) is 7. The van der Waals surface area contributed by atoms with Crippen LogP contribution in [0.25, 0.3) is 10.2 Å². The van der Waals surface area contributed by atoms with Crippen molar-refractivity contribution in [1.29, 1.82) is 0 Å². The van der Waals surface area contributed by atoms with E-state index in [0.717, 1.165) is 15.8 Å². The first-order valence-electron chi connectivity index (χ1n) is 8.27. The minimum absolute atomic E-state index is 0.258. The van der Waals surface area contributed by atoms with Crippen LogP contribution in [0.2, 0.25) is 0 Å². The first-order valence-corrected chi connectivity index (χ1v) is 9.09. The highest BCUT2D eigenvalue weighted by atomic mass is 32.1. The summed E-state index contributed by atoms with van der Waals surface area (Å²) >= 11 is 1.50. The zero-order chi connectivity index (χ0) is 19.2. The molecule has 140 valence electrons. The molecule has 0 bridgehead atoms. The first kappa shape index (κ1) is 18.7. The fourth-order valence-electron chi connectivity index (χ4n) is 2.39. The van der Waals surface area contributed by atoms with E-state index in [9.17, 15) is 4.79 Å². The quantitative estimate of drug-likeness (QED) is 0.482. The predicted molar refractivity (Wildman–Crippen MR) is 108 cm³/mol. The number of benzene rings is 2. The molecule has 0 aliphatic heterocycles. The number of thiazole rings is 1. The third-order valence-corrected chi connectivity index (χ3v) is 4.79. The van der Waals surface area contributed by atoms with Gasteiger partial charge in [0.1, 0.15) is 6.04 Å². The summed E-state index contributed by atoms with van der Waals surface area (Å²) in [6.45, 7) is 1.76. The van der Waals surface area contributed by atoms with Crippen molar-refractivity contribution < 1.29 is 14.3 Å². The van der Waals surface area contributed by atoms with E-state index in [0.29, 0.717) is 16.6 Å². The molecule has 3 aromatic rings. The average molecular weight is 384 g/mol. The van der Waals surface area contributed by atoms with Gasteiger partial charge in [0.15, 0.2) is 16.6 Å². The number of fused-ring (bicyclic) bond motifs is 1. The summed E-state index contributed by atoms with van der Waals surface area (Å²) in [6, 6.07) is 12.7. The Morgan fingerprint density at radius 2 is 1.96 bits per heavy atom. The molecule has 0 unspecified atom stereocenters. The smallest absolute Gasteiger partial charge is 0.262 e. The average Bonchev–Trinajstić information content (AvgIpc) is 3.09. The van der Waals surface area contributed by atoms with Crippen LogP contribution in [-0.2, 0) is 4.79 Å². The van der Waals surface area contributed by atoms with Crippen molar-refractivity contribution in [2.75, 3.05) is 19.5 Å². The van der Waals surface area contributed by atoms with Gasteiger partial charge in [0.2, 0.25) is 0 Å². The number of anilines is 1. The van der Waals surface area contributed by atoms with Gasteiger partial charge in [0.25, 0.3) is 5.91 Å². The normalized spacial score (nSPS) is 12.1. The molecule has 2 aromatic carbocycles. The summed E-state index contributed by atoms with van der Waals surface area (Å²) in [7, 11) is 3.14. The van der Waals surface area contributed by atoms with E-state index in [-0.39, 0.29) is 5.91 Å². The number of para-hydroxylation sites is 1. The number of rotatable bonds is 7. The number of nitrogens with zero attached hydrogens (tertiary/aromatic N) is 2. The molecule has 0 fully saturated rings. The lowest BCUT2D eigenvalue weighted by atomic mass is 10.2. The number of nitrogens with one attached hydrogen (secondary N) is 2. The number of aromatic nitrogens is 1. The summed E-state index contributed by atoms with van der Waals surface area (Å²) in [6.07, 6.45) is 1.55. The van der Waals surface area contributed by atoms with Gasteiger partial charge in [-0.1, -0.05) is 23.5 Å². The minimum Gasteiger partial charge on any atom is -0.493 e. The maximum Gasteiger partial charge on any atom is 0.262 e. The number of hydrogen-bond donors (Lipinski definition) is 2. The monoisotopic (exact) mass is 384 g/mol. The van der Waals surface area contributed by atoms with E-state index < -0.39 is 6.04 Å². The molecule has 0 aliphatic carbocycles. The fourth-order valence-corrected chi connectivity index (χ4v) is 3.34. The lowest BCUT2D eigenvalue weighted by molar-refractivity contribution is -0.121. The summed E-state index contributed by atoms with van der Waals surface area (Å²) < 4.78 is 11.5. The van der Waals surface area contributed by atoms with Gasteiger partial charge in [-0.3, -0.25) is 4.79 Å². The second-order valence-electron chi connectivity index (χ2n) is 5.70. The molecule has 8 heteroatoms. The highest BCUT2D eigenvalue weighted by Crippen LogP contribution is 2.27. The lowest BCUT2D eigenvalue weighted by Gasteiger charge is -2.10. The van der Waals surface area contributed by atoms with Crippen LogP contribution in [0.15, 0.2) is 47.6 Å². The number of amides is 1. The van der Waals surface area contributed by atoms with Gasteiger partial charge < -0.3 is 14.8 Å². The van der Waals surface area contributed by atoms with Crippen LogP contribution in [0, 0.1) is 0 Å². The summed E-state index contributed by atoms with van der Waals surface area (Å²) in [4.78, 5) is 16.7. The Morgan fingerprint density at radius 1 is 1.19 bits per heavy atom. The van der Waals surface area contributed by atoms with Crippen LogP contribution >= 0.6 is 11.3 Å². The number of ether oxygens (including phenoxy) is 2. The Kier molecular flexibility index (Phi) is 5.87. The van der Waals surface area contributed by atoms with Crippen molar-refractivity contribution >= 4 is 38.8 Å². The second-order valence-corrected chi connectivity index (χ2v) is 6.73. The van der Waals surface area contributed by atoms with Gasteiger partial charge in [0, 0.05) is 0 Å². The molecule has 7 nitrogen and oxygen atoms in total. The Bertz CT molecular complexity index is 937. The first-order chi connectivity index (χ1) is 13.1. The zero-order valence-electron chi connectivity index (χ0n) is 15.2. The van der Waals surface area contributed by atoms with E-state index >= 15 is 0 Å². The zero-order valence-corrected chi connectivity index (χ0v) is 16.0. The predicted octanol–water partition coefficient (Wildman–Crippen LogP) is 3.26. The van der Waals surface area contributed by atoms with Gasteiger partial charge >= 0.3 is 0 Å². The highest BCUT2D eigenvalue weighted by molar-refractivity contribution is 7.22. The number of carbonyl (C=O) groups is 1. The number of hydrazone groups is 1. The van der Waals surface area contributed by atoms with Crippen LogP contribution in [-0.4, -0.2) is 37.4 Å². The fraction of sp³-hybridized carbons (Fsp3) is 0.211. The van der Waals surface area contributed by atoms with Crippen LogP contribution in [0.1, 0.15) is 12.5 Å². The van der Waals surface area contributed by atoms with E-state index in [2.05, 4.69) is 20.8 Å². The minimum atomic E-state index is -0.479. The van der Waals surface area contributed by atoms with Crippen molar-refractivity contribution in [1.82, 2.24) is 10.4 Å². The third-order valence-electron chi connectivity index (χ3n) is 3.82. The lowest BCUT2D eigenvalue weighted by Crippen LogP contribution is -2.34. The van der Waals surface area contributed by atoms with Gasteiger partial charge in [-0.15, -0.1) is 0 Å². The SMILES string of the molecule is COc1ccc(/C=N\NC(=O)[C@@H](C)Nc2nc3ccccc3s2)cc1OC. The van der Waals surface area contributed by atoms with E-state index in [1.54, 1.807) is 39.5 Å². The topological polar surface area (TPSA) is 84.8 Å². The van der Waals surface area contributed by atoms with E-state index in [1.807, 2.05) is 30.3 Å². The molecule has 0 aliphatic rings. The van der Waals surface area contributed by atoms with Crippen molar-refractivity contribution in [2.24, 2.45) is 5.10 Å². The highest BCUT2D eigenvalue weighted by Gasteiger charge is 2.14. The Hall–Kier alpha value is -3.13. The van der Waals surface area contributed by atoms with Gasteiger partial charge in [-0.25, -0.2) is 10.4 Å². The van der Waals surface area contributed by atoms with Gasteiger partial charge in [0.05, 0.1) is 30.7 Å². The number of carbonyl (C=O) groups excluding carboxylic acids is 1. The molecule has 0 saturated carbocycles. The van der Waals surface area contributed by atoms with Crippen molar-refractivity contribution in [2.45, 2.75) is 13.0 Å². The molecule has 0 spiro atoms. The van der Waals surface area contributed by atoms with E-state index in [4.69, 9.17) is 9.47 Å². The molecule has 0 radical (unpaired) electrons. The molecule has 1 aromatic heterocycles. The van der Waals surface area contributed by atoms with E-state index in [1.165, 1.54) is 11.3 Å². The molecular formula is C19H20N4O3S. The van der Waals surface area contributed by atoms with Crippen molar-refractivity contribution in [3.05, 3.63) is 48.0 Å². The number of methoxy groups -OCH3 is 2. The van der Waals surface area contributed by atoms with Crippen LogP contribution in [0.5, 0.6) is 11.5 Å². The molecule has 0 saturated heterocycles. The Labute approximate surface area is 161 Å². The van der Waals surface area contributed by atoms with Gasteiger partial charge in [-0.2, -0.15) is 5.10 Å². The molecule has 1 heterocycles. The summed E-state index contributed by atoms with van der Waals surface area (Å²) in [5.74, 6) is 0.969. The van der Waals surface area contributed by atoms with Crippen LogP contribution in [0.4, 0.5) is 5.13 Å². The van der Waals surface area contributed by atoms with Crippen molar-refractivity contribution in [3.63, 3.8) is 0 Å². The second kappa shape index (κ2) is 8.50. The molecule has 3 rings (SSSR count). The Morgan fingerprint density at radius 3 is 2.70 bits per heavy atom. The van der Waals surface area contributed by atoms with Crippen LogP contribution in [0.3, 0.4) is 0 Å². The maximum atomic E-state index is 12.2. The molecule has 27 heavy (non-hydrogen) atoms.